The number of hydrogen-bond acceptors (Lipinski definition) is 1. The topological polar surface area (TPSA) is 17.1 Å². The van der Waals surface area contributed by atoms with Crippen molar-refractivity contribution in [2.24, 2.45) is 5.92 Å². The van der Waals surface area contributed by atoms with E-state index in [2.05, 4.69) is 37.5 Å². The molecule has 0 bridgehead atoms. The van der Waals surface area contributed by atoms with Crippen LogP contribution in [0.2, 0.25) is 0 Å². The first-order valence-electron chi connectivity index (χ1n) is 4.25. The van der Waals surface area contributed by atoms with Crippen molar-refractivity contribution >= 4 is 6.29 Å². The van der Waals surface area contributed by atoms with Gasteiger partial charge in [-0.2, -0.15) is 0 Å². The van der Waals surface area contributed by atoms with E-state index in [0.717, 1.165) is 6.42 Å². The van der Waals surface area contributed by atoms with E-state index >= 15 is 0 Å². The van der Waals surface area contributed by atoms with E-state index in [4.69, 9.17) is 0 Å². The highest BCUT2D eigenvalue weighted by Crippen LogP contribution is 2.45. The Hall–Kier alpha value is -1.11. The molecule has 1 fully saturated rings. The van der Waals surface area contributed by atoms with Crippen molar-refractivity contribution in [3.63, 3.8) is 0 Å². The molecule has 0 spiro atoms. The minimum Gasteiger partial charge on any atom is -0.291 e. The van der Waals surface area contributed by atoms with Gasteiger partial charge in [-0.1, -0.05) is 29.8 Å². The molecule has 2 unspecified atom stereocenters. The SMILES string of the molecule is Cc1ccc(C2CC2[C]=O)cc1. The normalized spacial score (nSPS) is 26.8. The molecule has 1 aliphatic rings. The molecule has 0 heterocycles. The van der Waals surface area contributed by atoms with Crippen LogP contribution in [0.25, 0.3) is 0 Å². The highest BCUT2D eigenvalue weighted by atomic mass is 16.1. The predicted molar refractivity (Wildman–Crippen MR) is 47.7 cm³/mol. The van der Waals surface area contributed by atoms with E-state index < -0.39 is 0 Å². The second-order valence-electron chi connectivity index (χ2n) is 3.48. The lowest BCUT2D eigenvalue weighted by atomic mass is 10.1. The average Bonchev–Trinajstić information content (AvgIpc) is 2.85. The maximum Gasteiger partial charge on any atom is 0.202 e. The first kappa shape index (κ1) is 7.53. The van der Waals surface area contributed by atoms with Crippen molar-refractivity contribution < 1.29 is 4.79 Å². The Morgan fingerprint density at radius 1 is 1.33 bits per heavy atom. The number of hydrogen-bond donors (Lipinski definition) is 0. The molecule has 0 aliphatic heterocycles. The fourth-order valence-corrected chi connectivity index (χ4v) is 1.51. The van der Waals surface area contributed by atoms with E-state index in [1.807, 2.05) is 0 Å². The molecule has 1 saturated carbocycles. The van der Waals surface area contributed by atoms with Gasteiger partial charge in [0.1, 0.15) is 0 Å². The minimum absolute atomic E-state index is 0.174. The van der Waals surface area contributed by atoms with E-state index in [1.165, 1.54) is 11.1 Å². The van der Waals surface area contributed by atoms with Crippen molar-refractivity contribution in [3.05, 3.63) is 35.4 Å². The van der Waals surface area contributed by atoms with Crippen LogP contribution in [0.5, 0.6) is 0 Å². The van der Waals surface area contributed by atoms with Gasteiger partial charge < -0.3 is 0 Å². The summed E-state index contributed by atoms with van der Waals surface area (Å²) < 4.78 is 0. The quantitative estimate of drug-likeness (QED) is 0.646. The third-order valence-electron chi connectivity index (χ3n) is 2.45. The van der Waals surface area contributed by atoms with Gasteiger partial charge in [0.15, 0.2) is 0 Å². The van der Waals surface area contributed by atoms with Crippen molar-refractivity contribution in [2.75, 3.05) is 0 Å². The van der Waals surface area contributed by atoms with Gasteiger partial charge in [-0.05, 0) is 24.8 Å². The summed E-state index contributed by atoms with van der Waals surface area (Å²) in [6.07, 6.45) is 3.04. The molecule has 12 heavy (non-hydrogen) atoms. The molecule has 0 aromatic heterocycles. The number of aryl methyl sites for hydroxylation is 1. The first-order valence-corrected chi connectivity index (χ1v) is 4.25. The lowest BCUT2D eigenvalue weighted by Crippen LogP contribution is -1.84. The van der Waals surface area contributed by atoms with Gasteiger partial charge in [0, 0.05) is 5.92 Å². The summed E-state index contributed by atoms with van der Waals surface area (Å²) in [7, 11) is 0. The number of carbonyl (C=O) groups excluding carboxylic acids is 1. The minimum atomic E-state index is 0.174. The van der Waals surface area contributed by atoms with Gasteiger partial charge in [0.25, 0.3) is 0 Å². The molecule has 2 rings (SSSR count). The highest BCUT2D eigenvalue weighted by Gasteiger charge is 2.38. The molecular formula is C11H11O. The van der Waals surface area contributed by atoms with Crippen molar-refractivity contribution in [1.82, 2.24) is 0 Å². The average molecular weight is 159 g/mol. The van der Waals surface area contributed by atoms with Crippen LogP contribution in [0.15, 0.2) is 24.3 Å². The molecule has 0 amide bonds. The maximum absolute atomic E-state index is 10.3. The molecule has 1 nitrogen and oxygen atoms in total. The summed E-state index contributed by atoms with van der Waals surface area (Å²) >= 11 is 0. The summed E-state index contributed by atoms with van der Waals surface area (Å²) in [5.41, 5.74) is 2.56. The Bertz CT molecular complexity index is 286. The summed E-state index contributed by atoms with van der Waals surface area (Å²) in [5, 5.41) is 0. The third kappa shape index (κ3) is 1.27. The second kappa shape index (κ2) is 2.74. The molecule has 1 heteroatoms. The number of rotatable bonds is 2. The predicted octanol–water partition coefficient (Wildman–Crippen LogP) is 2.21. The van der Waals surface area contributed by atoms with Gasteiger partial charge in [-0.25, -0.2) is 0 Å². The highest BCUT2D eigenvalue weighted by molar-refractivity contribution is 5.62. The van der Waals surface area contributed by atoms with Crippen LogP contribution in [-0.2, 0) is 4.79 Å². The number of benzene rings is 1. The van der Waals surface area contributed by atoms with Crippen LogP contribution in [0.1, 0.15) is 23.5 Å². The molecule has 0 N–H and O–H groups in total. The standard InChI is InChI=1S/C11H11O/c1-8-2-4-9(5-3-8)11-6-10(11)7-12/h2-5,10-11H,6H2,1H3. The van der Waals surface area contributed by atoms with Crippen molar-refractivity contribution in [2.45, 2.75) is 19.3 Å². The summed E-state index contributed by atoms with van der Waals surface area (Å²) in [6.45, 7) is 2.07. The van der Waals surface area contributed by atoms with Gasteiger partial charge >= 0.3 is 0 Å². The Morgan fingerprint density at radius 3 is 2.50 bits per heavy atom. The third-order valence-corrected chi connectivity index (χ3v) is 2.45. The molecule has 1 aliphatic carbocycles. The zero-order valence-corrected chi connectivity index (χ0v) is 7.08. The van der Waals surface area contributed by atoms with E-state index in [9.17, 15) is 4.79 Å². The van der Waals surface area contributed by atoms with Gasteiger partial charge in [0.2, 0.25) is 6.29 Å². The van der Waals surface area contributed by atoms with Gasteiger partial charge in [0.05, 0.1) is 0 Å². The molecular weight excluding hydrogens is 148 g/mol. The Morgan fingerprint density at radius 2 is 2.00 bits per heavy atom. The molecule has 1 aromatic carbocycles. The largest absolute Gasteiger partial charge is 0.291 e. The zero-order chi connectivity index (χ0) is 8.55. The smallest absolute Gasteiger partial charge is 0.202 e. The van der Waals surface area contributed by atoms with Gasteiger partial charge in [-0.15, -0.1) is 0 Å². The molecule has 1 radical (unpaired) electrons. The molecule has 2 atom stereocenters. The summed E-state index contributed by atoms with van der Waals surface area (Å²) in [4.78, 5) is 10.3. The van der Waals surface area contributed by atoms with Crippen LogP contribution in [-0.4, -0.2) is 6.29 Å². The zero-order valence-electron chi connectivity index (χ0n) is 7.08. The van der Waals surface area contributed by atoms with E-state index in [-0.39, 0.29) is 5.92 Å². The monoisotopic (exact) mass is 159 g/mol. The van der Waals surface area contributed by atoms with E-state index in [0.29, 0.717) is 5.92 Å². The van der Waals surface area contributed by atoms with Crippen molar-refractivity contribution in [3.8, 4) is 0 Å². The molecule has 0 saturated heterocycles. The van der Waals surface area contributed by atoms with Crippen LogP contribution in [0.3, 0.4) is 0 Å². The van der Waals surface area contributed by atoms with Crippen molar-refractivity contribution in [1.29, 1.82) is 0 Å². The fraction of sp³-hybridized carbons (Fsp3) is 0.364. The maximum atomic E-state index is 10.3. The van der Waals surface area contributed by atoms with Crippen LogP contribution < -0.4 is 0 Å². The Labute approximate surface area is 72.4 Å². The van der Waals surface area contributed by atoms with Crippen LogP contribution >= 0.6 is 0 Å². The Balaban J connectivity index is 2.15. The van der Waals surface area contributed by atoms with E-state index in [1.54, 1.807) is 0 Å². The van der Waals surface area contributed by atoms with Crippen LogP contribution in [0.4, 0.5) is 0 Å². The summed E-state index contributed by atoms with van der Waals surface area (Å²) in [5.74, 6) is 0.635. The molecule has 61 valence electrons. The first-order chi connectivity index (χ1) is 5.81. The van der Waals surface area contributed by atoms with Gasteiger partial charge in [-0.3, -0.25) is 4.79 Å². The second-order valence-corrected chi connectivity index (χ2v) is 3.48. The summed E-state index contributed by atoms with van der Waals surface area (Å²) in [6, 6.07) is 8.40. The lowest BCUT2D eigenvalue weighted by Gasteiger charge is -1.97. The fourth-order valence-electron chi connectivity index (χ4n) is 1.51. The molecule has 1 aromatic rings. The Kier molecular flexibility index (Phi) is 1.72. The van der Waals surface area contributed by atoms with Crippen LogP contribution in [0, 0.1) is 12.8 Å². The lowest BCUT2D eigenvalue weighted by molar-refractivity contribution is 0.548.